The molecular weight excluding hydrogens is 263 g/mol. The molecule has 0 saturated heterocycles. The fourth-order valence-electron chi connectivity index (χ4n) is 1.94. The van der Waals surface area contributed by atoms with E-state index in [1.807, 2.05) is 19.2 Å². The number of benzene rings is 1. The molecule has 1 N–H and O–H groups in total. The van der Waals surface area contributed by atoms with Crippen LogP contribution in [-0.4, -0.2) is 12.1 Å². The third-order valence-electron chi connectivity index (χ3n) is 2.89. The SMILES string of the molecule is COc1cccc(F)c1C(C)NCc1nc(C)cs1. The molecule has 19 heavy (non-hydrogen) atoms. The van der Waals surface area contributed by atoms with Crippen LogP contribution in [0.5, 0.6) is 5.75 Å². The fraction of sp³-hybridized carbons (Fsp3) is 0.357. The average Bonchev–Trinajstić information content (AvgIpc) is 2.81. The van der Waals surface area contributed by atoms with Gasteiger partial charge in [0.2, 0.25) is 0 Å². The van der Waals surface area contributed by atoms with E-state index in [1.54, 1.807) is 30.6 Å². The van der Waals surface area contributed by atoms with Gasteiger partial charge in [-0.15, -0.1) is 11.3 Å². The third kappa shape index (κ3) is 3.30. The Morgan fingerprint density at radius 1 is 1.47 bits per heavy atom. The molecule has 102 valence electrons. The third-order valence-corrected chi connectivity index (χ3v) is 3.86. The molecule has 3 nitrogen and oxygen atoms in total. The zero-order chi connectivity index (χ0) is 13.8. The number of thiazole rings is 1. The number of aryl methyl sites for hydroxylation is 1. The lowest BCUT2D eigenvalue weighted by atomic mass is 10.1. The lowest BCUT2D eigenvalue weighted by molar-refractivity contribution is 0.393. The van der Waals surface area contributed by atoms with E-state index in [9.17, 15) is 4.39 Å². The van der Waals surface area contributed by atoms with Crippen molar-refractivity contribution in [1.82, 2.24) is 10.3 Å². The van der Waals surface area contributed by atoms with Crippen LogP contribution in [-0.2, 0) is 6.54 Å². The number of ether oxygens (including phenoxy) is 1. The van der Waals surface area contributed by atoms with E-state index in [0.717, 1.165) is 10.7 Å². The monoisotopic (exact) mass is 280 g/mol. The maximum absolute atomic E-state index is 13.9. The summed E-state index contributed by atoms with van der Waals surface area (Å²) in [4.78, 5) is 4.37. The van der Waals surface area contributed by atoms with Crippen molar-refractivity contribution in [1.29, 1.82) is 0 Å². The van der Waals surface area contributed by atoms with Crippen LogP contribution in [0.4, 0.5) is 4.39 Å². The highest BCUT2D eigenvalue weighted by molar-refractivity contribution is 7.09. The summed E-state index contributed by atoms with van der Waals surface area (Å²) in [5, 5.41) is 6.28. The molecule has 1 aromatic heterocycles. The molecule has 1 heterocycles. The van der Waals surface area contributed by atoms with E-state index in [0.29, 0.717) is 17.9 Å². The smallest absolute Gasteiger partial charge is 0.131 e. The number of aromatic nitrogens is 1. The van der Waals surface area contributed by atoms with E-state index in [4.69, 9.17) is 4.74 Å². The Morgan fingerprint density at radius 2 is 2.26 bits per heavy atom. The summed E-state index contributed by atoms with van der Waals surface area (Å²) in [7, 11) is 1.55. The van der Waals surface area contributed by atoms with Crippen molar-refractivity contribution in [3.63, 3.8) is 0 Å². The number of nitrogens with one attached hydrogen (secondary N) is 1. The predicted molar refractivity (Wildman–Crippen MR) is 75.1 cm³/mol. The molecular formula is C14H17FN2OS. The standard InChI is InChI=1S/C14H17FN2OS/c1-9-8-19-13(17-9)7-16-10(2)14-11(15)5-4-6-12(14)18-3/h4-6,8,10,16H,7H2,1-3H3. The average molecular weight is 280 g/mol. The number of methoxy groups -OCH3 is 1. The Kier molecular flexibility index (Phi) is 4.50. The van der Waals surface area contributed by atoms with Crippen molar-refractivity contribution in [2.45, 2.75) is 26.4 Å². The minimum Gasteiger partial charge on any atom is -0.496 e. The van der Waals surface area contributed by atoms with Gasteiger partial charge in [-0.1, -0.05) is 6.07 Å². The van der Waals surface area contributed by atoms with Crippen LogP contribution in [0, 0.1) is 12.7 Å². The molecule has 1 aromatic carbocycles. The quantitative estimate of drug-likeness (QED) is 0.911. The van der Waals surface area contributed by atoms with Gasteiger partial charge < -0.3 is 10.1 Å². The number of halogens is 1. The van der Waals surface area contributed by atoms with E-state index < -0.39 is 0 Å². The van der Waals surface area contributed by atoms with E-state index in [2.05, 4.69) is 10.3 Å². The zero-order valence-corrected chi connectivity index (χ0v) is 12.1. The summed E-state index contributed by atoms with van der Waals surface area (Å²) in [6.45, 7) is 4.50. The first-order chi connectivity index (χ1) is 9.11. The maximum atomic E-state index is 13.9. The molecule has 0 bridgehead atoms. The molecule has 0 fully saturated rings. The van der Waals surface area contributed by atoms with E-state index >= 15 is 0 Å². The highest BCUT2D eigenvalue weighted by Gasteiger charge is 2.16. The molecule has 2 rings (SSSR count). The van der Waals surface area contributed by atoms with Crippen molar-refractivity contribution >= 4 is 11.3 Å². The summed E-state index contributed by atoms with van der Waals surface area (Å²) in [5.74, 6) is 0.310. The molecule has 0 amide bonds. The minimum absolute atomic E-state index is 0.139. The highest BCUT2D eigenvalue weighted by atomic mass is 32.1. The maximum Gasteiger partial charge on any atom is 0.131 e. The number of hydrogen-bond acceptors (Lipinski definition) is 4. The van der Waals surface area contributed by atoms with Gasteiger partial charge in [0.15, 0.2) is 0 Å². The first-order valence-electron chi connectivity index (χ1n) is 6.08. The van der Waals surface area contributed by atoms with E-state index in [-0.39, 0.29) is 11.9 Å². The lowest BCUT2D eigenvalue weighted by Gasteiger charge is -2.17. The van der Waals surface area contributed by atoms with Crippen molar-refractivity contribution < 1.29 is 9.13 Å². The molecule has 2 aromatic rings. The topological polar surface area (TPSA) is 34.1 Å². The van der Waals surface area contributed by atoms with E-state index in [1.165, 1.54) is 6.07 Å². The Morgan fingerprint density at radius 3 is 2.89 bits per heavy atom. The number of rotatable bonds is 5. The largest absolute Gasteiger partial charge is 0.496 e. The molecule has 0 saturated carbocycles. The van der Waals surface area contributed by atoms with Crippen molar-refractivity contribution in [2.24, 2.45) is 0 Å². The van der Waals surface area contributed by atoms with Gasteiger partial charge >= 0.3 is 0 Å². The zero-order valence-electron chi connectivity index (χ0n) is 11.2. The molecule has 0 radical (unpaired) electrons. The van der Waals surface area contributed by atoms with Gasteiger partial charge in [0.05, 0.1) is 7.11 Å². The van der Waals surface area contributed by atoms with Gasteiger partial charge in [0, 0.05) is 29.2 Å². The number of nitrogens with zero attached hydrogens (tertiary/aromatic N) is 1. The molecule has 0 aliphatic rings. The normalized spacial score (nSPS) is 12.4. The summed E-state index contributed by atoms with van der Waals surface area (Å²) in [6.07, 6.45) is 0. The van der Waals surface area contributed by atoms with Gasteiger partial charge in [-0.05, 0) is 26.0 Å². The van der Waals surface area contributed by atoms with Gasteiger partial charge in [-0.25, -0.2) is 9.37 Å². The second kappa shape index (κ2) is 6.12. The van der Waals surface area contributed by atoms with Crippen LogP contribution in [0.1, 0.15) is 29.2 Å². The summed E-state index contributed by atoms with van der Waals surface area (Å²) < 4.78 is 19.1. The Bertz CT molecular complexity index is 556. The van der Waals surface area contributed by atoms with Gasteiger partial charge in [-0.2, -0.15) is 0 Å². The Hall–Kier alpha value is -1.46. The molecule has 0 aliphatic carbocycles. The first-order valence-corrected chi connectivity index (χ1v) is 6.96. The number of hydrogen-bond donors (Lipinski definition) is 1. The summed E-state index contributed by atoms with van der Waals surface area (Å²) in [5.41, 5.74) is 1.57. The van der Waals surface area contributed by atoms with Crippen LogP contribution in [0.2, 0.25) is 0 Å². The summed E-state index contributed by atoms with van der Waals surface area (Å²) in [6, 6.07) is 4.72. The molecule has 0 aliphatic heterocycles. The van der Waals surface area contributed by atoms with Crippen molar-refractivity contribution in [2.75, 3.05) is 7.11 Å². The highest BCUT2D eigenvalue weighted by Crippen LogP contribution is 2.27. The minimum atomic E-state index is -0.255. The Labute approximate surface area is 116 Å². The van der Waals surface area contributed by atoms with Crippen molar-refractivity contribution in [3.05, 3.63) is 45.7 Å². The van der Waals surface area contributed by atoms with Gasteiger partial charge in [0.1, 0.15) is 16.6 Å². The van der Waals surface area contributed by atoms with Crippen LogP contribution in [0.3, 0.4) is 0 Å². The van der Waals surface area contributed by atoms with Gasteiger partial charge in [-0.3, -0.25) is 0 Å². The fourth-order valence-corrected chi connectivity index (χ4v) is 2.66. The van der Waals surface area contributed by atoms with Crippen LogP contribution >= 0.6 is 11.3 Å². The lowest BCUT2D eigenvalue weighted by Crippen LogP contribution is -2.19. The van der Waals surface area contributed by atoms with Crippen LogP contribution in [0.25, 0.3) is 0 Å². The van der Waals surface area contributed by atoms with Crippen molar-refractivity contribution in [3.8, 4) is 5.75 Å². The summed E-state index contributed by atoms with van der Waals surface area (Å²) >= 11 is 1.60. The second-order valence-corrected chi connectivity index (χ2v) is 5.28. The first kappa shape index (κ1) is 14.0. The second-order valence-electron chi connectivity index (χ2n) is 4.34. The van der Waals surface area contributed by atoms with Gasteiger partial charge in [0.25, 0.3) is 0 Å². The predicted octanol–water partition coefficient (Wildman–Crippen LogP) is 3.45. The Balaban J connectivity index is 2.09. The van der Waals surface area contributed by atoms with Crippen LogP contribution in [0.15, 0.2) is 23.6 Å². The molecule has 0 spiro atoms. The van der Waals surface area contributed by atoms with Crippen LogP contribution < -0.4 is 10.1 Å². The molecule has 1 unspecified atom stereocenters. The molecule has 1 atom stereocenters. The molecule has 5 heteroatoms.